The van der Waals surface area contributed by atoms with E-state index in [1.807, 2.05) is 51.1 Å². The van der Waals surface area contributed by atoms with Crippen LogP contribution in [0, 0.1) is 20.8 Å². The van der Waals surface area contributed by atoms with Gasteiger partial charge >= 0.3 is 0 Å². The Labute approximate surface area is 192 Å². The number of halogens is 1. The Kier molecular flexibility index (Phi) is 5.76. The van der Waals surface area contributed by atoms with Gasteiger partial charge in [-0.25, -0.2) is 4.90 Å². The molecule has 0 unspecified atom stereocenters. The van der Waals surface area contributed by atoms with Crippen LogP contribution in [-0.2, 0) is 9.59 Å². The van der Waals surface area contributed by atoms with Gasteiger partial charge in [-0.2, -0.15) is 0 Å². The van der Waals surface area contributed by atoms with Gasteiger partial charge in [0.25, 0.3) is 11.8 Å². The number of para-hydroxylation sites is 1. The van der Waals surface area contributed by atoms with E-state index in [0.717, 1.165) is 22.4 Å². The number of carbonyl (C=O) groups excluding carboxylic acids is 2. The highest BCUT2D eigenvalue weighted by molar-refractivity contribution is 6.47. The molecule has 0 aliphatic carbocycles. The third-order valence-electron chi connectivity index (χ3n) is 5.53. The first-order valence-electron chi connectivity index (χ1n) is 10.2. The second-order valence-electron chi connectivity index (χ2n) is 7.77. The number of anilines is 2. The van der Waals surface area contributed by atoms with Crippen LogP contribution >= 0.6 is 11.6 Å². The van der Waals surface area contributed by atoms with Crippen molar-refractivity contribution >= 4 is 40.4 Å². The highest BCUT2D eigenvalue weighted by atomic mass is 35.5. The molecule has 0 atom stereocenters. The quantitative estimate of drug-likeness (QED) is 0.513. The number of hydrogen-bond donors (Lipinski definition) is 1. The lowest BCUT2D eigenvalue weighted by Crippen LogP contribution is -2.33. The smallest absolute Gasteiger partial charge is 0.282 e. The Balaban J connectivity index is 1.92. The van der Waals surface area contributed by atoms with E-state index in [1.165, 1.54) is 12.0 Å². The first-order valence-corrected chi connectivity index (χ1v) is 10.6. The predicted molar refractivity (Wildman–Crippen MR) is 128 cm³/mol. The van der Waals surface area contributed by atoms with Crippen molar-refractivity contribution in [2.45, 2.75) is 20.8 Å². The molecule has 162 valence electrons. The van der Waals surface area contributed by atoms with Crippen LogP contribution in [-0.4, -0.2) is 18.9 Å². The van der Waals surface area contributed by atoms with E-state index in [9.17, 15) is 9.59 Å². The van der Waals surface area contributed by atoms with Crippen LogP contribution in [0.15, 0.2) is 66.4 Å². The van der Waals surface area contributed by atoms with Crippen molar-refractivity contribution in [1.29, 1.82) is 0 Å². The molecule has 1 aliphatic rings. The summed E-state index contributed by atoms with van der Waals surface area (Å²) in [6.07, 6.45) is 0. The molecule has 3 aromatic carbocycles. The van der Waals surface area contributed by atoms with Gasteiger partial charge in [0.1, 0.15) is 11.4 Å². The van der Waals surface area contributed by atoms with Crippen molar-refractivity contribution < 1.29 is 14.3 Å². The van der Waals surface area contributed by atoms with Gasteiger partial charge in [-0.15, -0.1) is 0 Å². The molecule has 1 heterocycles. The third kappa shape index (κ3) is 3.76. The van der Waals surface area contributed by atoms with Gasteiger partial charge in [0.2, 0.25) is 0 Å². The van der Waals surface area contributed by atoms with Crippen molar-refractivity contribution in [2.24, 2.45) is 0 Å². The number of nitrogens with one attached hydrogen (secondary N) is 1. The zero-order valence-electron chi connectivity index (χ0n) is 18.3. The summed E-state index contributed by atoms with van der Waals surface area (Å²) in [5, 5.41) is 3.69. The van der Waals surface area contributed by atoms with E-state index in [2.05, 4.69) is 5.32 Å². The molecule has 0 aromatic heterocycles. The van der Waals surface area contributed by atoms with Gasteiger partial charge in [-0.1, -0.05) is 48.0 Å². The molecule has 1 aliphatic heterocycles. The fourth-order valence-electron chi connectivity index (χ4n) is 3.79. The zero-order valence-corrected chi connectivity index (χ0v) is 19.1. The van der Waals surface area contributed by atoms with E-state index in [0.29, 0.717) is 22.0 Å². The third-order valence-corrected chi connectivity index (χ3v) is 5.76. The van der Waals surface area contributed by atoms with Crippen molar-refractivity contribution in [3.63, 3.8) is 0 Å². The number of amides is 2. The summed E-state index contributed by atoms with van der Waals surface area (Å²) in [6, 6.07) is 18.3. The maximum Gasteiger partial charge on any atom is 0.282 e. The van der Waals surface area contributed by atoms with E-state index >= 15 is 0 Å². The number of carbonyl (C=O) groups is 2. The number of nitrogens with zero attached hydrogens (tertiary/aromatic N) is 1. The van der Waals surface area contributed by atoms with Crippen molar-refractivity contribution in [2.75, 3.05) is 17.3 Å². The summed E-state index contributed by atoms with van der Waals surface area (Å²) in [6.45, 7) is 5.76. The Hall–Kier alpha value is -3.57. The second-order valence-corrected chi connectivity index (χ2v) is 8.21. The summed E-state index contributed by atoms with van der Waals surface area (Å²) in [5.41, 5.74) is 4.99. The van der Waals surface area contributed by atoms with Crippen LogP contribution in [0.2, 0.25) is 5.02 Å². The summed E-state index contributed by atoms with van der Waals surface area (Å²) in [7, 11) is 1.54. The summed E-state index contributed by atoms with van der Waals surface area (Å²) in [4.78, 5) is 28.6. The van der Waals surface area contributed by atoms with Gasteiger partial charge < -0.3 is 10.1 Å². The van der Waals surface area contributed by atoms with Crippen molar-refractivity contribution in [3.05, 3.63) is 93.6 Å². The Morgan fingerprint density at radius 3 is 2.34 bits per heavy atom. The summed E-state index contributed by atoms with van der Waals surface area (Å²) in [5.74, 6) is -0.367. The molecular weight excluding hydrogens is 424 g/mol. The number of imide groups is 1. The van der Waals surface area contributed by atoms with Gasteiger partial charge in [0.05, 0.1) is 18.4 Å². The number of methoxy groups -OCH3 is 1. The first-order chi connectivity index (χ1) is 15.3. The molecule has 0 spiro atoms. The van der Waals surface area contributed by atoms with Crippen LogP contribution in [0.3, 0.4) is 0 Å². The maximum atomic E-state index is 13.7. The standard InChI is InChI=1S/C26H23ClN2O3/c1-15-9-10-16(2)20(13-15)28-24-23(19-7-5-6-8-22(19)32-4)25(30)29(26(24)31)21-14-18(27)12-11-17(21)3/h5-14,28H,1-4H3. The lowest BCUT2D eigenvalue weighted by atomic mass is 10.0. The van der Waals surface area contributed by atoms with E-state index in [1.54, 1.807) is 30.3 Å². The van der Waals surface area contributed by atoms with E-state index in [4.69, 9.17) is 16.3 Å². The first kappa shape index (κ1) is 21.7. The number of rotatable bonds is 5. The Bertz CT molecular complexity index is 1280. The fraction of sp³-hybridized carbons (Fsp3) is 0.154. The molecule has 0 fully saturated rings. The molecule has 0 saturated heterocycles. The minimum atomic E-state index is -0.442. The van der Waals surface area contributed by atoms with Crippen molar-refractivity contribution in [1.82, 2.24) is 0 Å². The summed E-state index contributed by atoms with van der Waals surface area (Å²) >= 11 is 6.20. The maximum absolute atomic E-state index is 13.7. The Morgan fingerprint density at radius 1 is 0.875 bits per heavy atom. The minimum Gasteiger partial charge on any atom is -0.496 e. The minimum absolute atomic E-state index is 0.201. The van der Waals surface area contributed by atoms with E-state index in [-0.39, 0.29) is 11.3 Å². The van der Waals surface area contributed by atoms with Gasteiger partial charge in [0, 0.05) is 16.3 Å². The lowest BCUT2D eigenvalue weighted by molar-refractivity contribution is -0.120. The van der Waals surface area contributed by atoms with Crippen LogP contribution in [0.5, 0.6) is 5.75 Å². The normalized spacial score (nSPS) is 13.7. The van der Waals surface area contributed by atoms with Crippen LogP contribution in [0.4, 0.5) is 11.4 Å². The highest BCUT2D eigenvalue weighted by Gasteiger charge is 2.42. The Morgan fingerprint density at radius 2 is 1.59 bits per heavy atom. The lowest BCUT2D eigenvalue weighted by Gasteiger charge is -2.18. The largest absolute Gasteiger partial charge is 0.496 e. The number of aryl methyl sites for hydroxylation is 3. The molecule has 2 amide bonds. The molecule has 3 aromatic rings. The molecule has 0 saturated carbocycles. The summed E-state index contributed by atoms with van der Waals surface area (Å²) < 4.78 is 5.50. The van der Waals surface area contributed by atoms with Crippen LogP contribution < -0.4 is 15.0 Å². The fourth-order valence-corrected chi connectivity index (χ4v) is 3.96. The molecule has 6 heteroatoms. The molecular formula is C26H23ClN2O3. The molecule has 5 nitrogen and oxygen atoms in total. The number of ether oxygens (including phenoxy) is 1. The molecule has 1 N–H and O–H groups in total. The van der Waals surface area contributed by atoms with Crippen LogP contribution in [0.25, 0.3) is 5.57 Å². The second kappa shape index (κ2) is 8.52. The average Bonchev–Trinajstić information content (AvgIpc) is 3.01. The SMILES string of the molecule is COc1ccccc1C1=C(Nc2cc(C)ccc2C)C(=O)N(c2cc(Cl)ccc2C)C1=O. The van der Waals surface area contributed by atoms with Crippen LogP contribution in [0.1, 0.15) is 22.3 Å². The molecule has 0 bridgehead atoms. The monoisotopic (exact) mass is 446 g/mol. The number of benzene rings is 3. The number of hydrogen-bond acceptors (Lipinski definition) is 4. The highest BCUT2D eigenvalue weighted by Crippen LogP contribution is 2.39. The van der Waals surface area contributed by atoms with Gasteiger partial charge in [0.15, 0.2) is 0 Å². The molecule has 32 heavy (non-hydrogen) atoms. The van der Waals surface area contributed by atoms with Crippen molar-refractivity contribution in [3.8, 4) is 5.75 Å². The average molecular weight is 447 g/mol. The van der Waals surface area contributed by atoms with Gasteiger partial charge in [-0.05, 0) is 61.7 Å². The zero-order chi connectivity index (χ0) is 23.0. The molecule has 0 radical (unpaired) electrons. The topological polar surface area (TPSA) is 58.6 Å². The predicted octanol–water partition coefficient (Wildman–Crippen LogP) is 5.67. The molecule has 4 rings (SSSR count). The van der Waals surface area contributed by atoms with E-state index < -0.39 is 11.8 Å². The van der Waals surface area contributed by atoms with Gasteiger partial charge in [-0.3, -0.25) is 9.59 Å².